The normalized spacial score (nSPS) is 16.0. The van der Waals surface area contributed by atoms with Gasteiger partial charge in [0.05, 0.1) is 5.52 Å². The first-order chi connectivity index (χ1) is 10.6. The molecule has 0 aliphatic carbocycles. The quantitative estimate of drug-likeness (QED) is 0.904. The second-order valence-corrected chi connectivity index (χ2v) is 5.61. The average molecular weight is 298 g/mol. The number of benzene rings is 1. The van der Waals surface area contributed by atoms with Crippen LogP contribution in [-0.4, -0.2) is 39.8 Å². The number of nitrogens with zero attached hydrogens (tertiary/aromatic N) is 3. The van der Waals surface area contributed by atoms with E-state index in [2.05, 4.69) is 9.97 Å². The second-order valence-electron chi connectivity index (χ2n) is 5.61. The van der Waals surface area contributed by atoms with Crippen molar-refractivity contribution >= 4 is 22.7 Å². The van der Waals surface area contributed by atoms with Gasteiger partial charge < -0.3 is 10.6 Å². The van der Waals surface area contributed by atoms with Crippen LogP contribution in [0, 0.1) is 12.8 Å². The Bertz CT molecular complexity index is 736. The fourth-order valence-corrected chi connectivity index (χ4v) is 2.87. The van der Waals surface area contributed by atoms with E-state index in [9.17, 15) is 9.59 Å². The van der Waals surface area contributed by atoms with Gasteiger partial charge >= 0.3 is 0 Å². The summed E-state index contributed by atoms with van der Waals surface area (Å²) >= 11 is 0. The Morgan fingerprint density at radius 1 is 1.18 bits per heavy atom. The summed E-state index contributed by atoms with van der Waals surface area (Å²) in [6.45, 7) is 2.84. The van der Waals surface area contributed by atoms with E-state index in [0.29, 0.717) is 37.4 Å². The van der Waals surface area contributed by atoms with Gasteiger partial charge in [-0.05, 0) is 25.8 Å². The molecule has 1 fully saturated rings. The van der Waals surface area contributed by atoms with E-state index in [1.807, 2.05) is 24.3 Å². The van der Waals surface area contributed by atoms with Gasteiger partial charge in [-0.3, -0.25) is 9.59 Å². The third kappa shape index (κ3) is 2.64. The molecule has 2 aromatic rings. The average Bonchev–Trinajstić information content (AvgIpc) is 2.53. The fourth-order valence-electron chi connectivity index (χ4n) is 2.87. The lowest BCUT2D eigenvalue weighted by molar-refractivity contribution is -0.123. The standard InChI is InChI=1S/C16H18N4O2/c1-10-18-13-5-3-2-4-12(13)14(19-10)16(22)20-8-6-11(7-9-20)15(17)21/h2-5,11H,6-9H2,1H3,(H2,17,21). The Morgan fingerprint density at radius 3 is 2.55 bits per heavy atom. The van der Waals surface area contributed by atoms with Crippen molar-refractivity contribution in [2.75, 3.05) is 13.1 Å². The summed E-state index contributed by atoms with van der Waals surface area (Å²) in [6, 6.07) is 7.50. The summed E-state index contributed by atoms with van der Waals surface area (Å²) in [5.41, 5.74) is 6.53. The van der Waals surface area contributed by atoms with E-state index in [4.69, 9.17) is 5.73 Å². The molecule has 1 aliphatic rings. The Kier molecular flexibility index (Phi) is 3.75. The van der Waals surface area contributed by atoms with E-state index in [1.165, 1.54) is 0 Å². The second kappa shape index (κ2) is 5.71. The van der Waals surface area contributed by atoms with Gasteiger partial charge in [0, 0.05) is 24.4 Å². The predicted octanol–water partition coefficient (Wildman–Crippen LogP) is 1.28. The molecule has 0 unspecified atom stereocenters. The van der Waals surface area contributed by atoms with Gasteiger partial charge in [-0.25, -0.2) is 9.97 Å². The van der Waals surface area contributed by atoms with Crippen molar-refractivity contribution in [3.8, 4) is 0 Å². The molecule has 22 heavy (non-hydrogen) atoms. The number of piperidine rings is 1. The number of para-hydroxylation sites is 1. The summed E-state index contributed by atoms with van der Waals surface area (Å²) in [6.07, 6.45) is 1.23. The van der Waals surface area contributed by atoms with E-state index in [1.54, 1.807) is 11.8 Å². The Labute approximate surface area is 128 Å². The van der Waals surface area contributed by atoms with Gasteiger partial charge in [0.15, 0.2) is 0 Å². The zero-order valence-electron chi connectivity index (χ0n) is 12.5. The number of carbonyl (C=O) groups excluding carboxylic acids is 2. The van der Waals surface area contributed by atoms with Gasteiger partial charge in [-0.1, -0.05) is 18.2 Å². The summed E-state index contributed by atoms with van der Waals surface area (Å²) in [5, 5.41) is 0.759. The number of nitrogens with two attached hydrogens (primary N) is 1. The Morgan fingerprint density at radius 2 is 1.86 bits per heavy atom. The number of hydrogen-bond donors (Lipinski definition) is 1. The van der Waals surface area contributed by atoms with Crippen LogP contribution in [-0.2, 0) is 4.79 Å². The molecule has 2 N–H and O–H groups in total. The lowest BCUT2D eigenvalue weighted by Gasteiger charge is -2.30. The molecule has 0 atom stereocenters. The molecule has 0 saturated carbocycles. The lowest BCUT2D eigenvalue weighted by Crippen LogP contribution is -2.42. The van der Waals surface area contributed by atoms with E-state index >= 15 is 0 Å². The highest BCUT2D eigenvalue weighted by Gasteiger charge is 2.28. The van der Waals surface area contributed by atoms with Gasteiger partial charge in [-0.15, -0.1) is 0 Å². The molecule has 1 aliphatic heterocycles. The third-order valence-electron chi connectivity index (χ3n) is 4.10. The van der Waals surface area contributed by atoms with Gasteiger partial charge in [0.25, 0.3) is 5.91 Å². The first-order valence-electron chi connectivity index (χ1n) is 7.38. The molecule has 0 radical (unpaired) electrons. The molecule has 114 valence electrons. The smallest absolute Gasteiger partial charge is 0.273 e. The molecule has 1 aromatic heterocycles. The predicted molar refractivity (Wildman–Crippen MR) is 82.1 cm³/mol. The van der Waals surface area contributed by atoms with E-state index in [-0.39, 0.29) is 17.7 Å². The summed E-state index contributed by atoms with van der Waals surface area (Å²) in [5.74, 6) is 0.0575. The number of likely N-dealkylation sites (tertiary alicyclic amines) is 1. The number of aromatic nitrogens is 2. The minimum atomic E-state index is -0.282. The number of primary amides is 1. The SMILES string of the molecule is Cc1nc(C(=O)N2CCC(C(N)=O)CC2)c2ccccc2n1. The maximum absolute atomic E-state index is 12.8. The molecule has 0 spiro atoms. The molecule has 2 amide bonds. The minimum Gasteiger partial charge on any atom is -0.369 e. The van der Waals surface area contributed by atoms with E-state index in [0.717, 1.165) is 10.9 Å². The van der Waals surface area contributed by atoms with Crippen LogP contribution in [0.1, 0.15) is 29.2 Å². The van der Waals surface area contributed by atoms with Gasteiger partial charge in [0.2, 0.25) is 5.91 Å². The highest BCUT2D eigenvalue weighted by atomic mass is 16.2. The highest BCUT2D eigenvalue weighted by molar-refractivity contribution is 6.04. The maximum atomic E-state index is 12.8. The number of rotatable bonds is 2. The summed E-state index contributed by atoms with van der Waals surface area (Å²) < 4.78 is 0. The maximum Gasteiger partial charge on any atom is 0.273 e. The van der Waals surface area contributed by atoms with Crippen molar-refractivity contribution in [2.24, 2.45) is 11.7 Å². The zero-order chi connectivity index (χ0) is 15.7. The van der Waals surface area contributed by atoms with Crippen LogP contribution in [0.5, 0.6) is 0 Å². The van der Waals surface area contributed by atoms with Gasteiger partial charge in [0.1, 0.15) is 11.5 Å². The number of fused-ring (bicyclic) bond motifs is 1. The van der Waals surface area contributed by atoms with Crippen molar-refractivity contribution in [1.82, 2.24) is 14.9 Å². The molecule has 1 saturated heterocycles. The van der Waals surface area contributed by atoms with Crippen LogP contribution in [0.3, 0.4) is 0 Å². The molecule has 2 heterocycles. The zero-order valence-corrected chi connectivity index (χ0v) is 12.5. The van der Waals surface area contributed by atoms with Crippen molar-refractivity contribution in [3.63, 3.8) is 0 Å². The molecule has 6 nitrogen and oxygen atoms in total. The van der Waals surface area contributed by atoms with Crippen molar-refractivity contribution in [2.45, 2.75) is 19.8 Å². The largest absolute Gasteiger partial charge is 0.369 e. The topological polar surface area (TPSA) is 89.2 Å². The molecular formula is C16H18N4O2. The molecule has 6 heteroatoms. The molecule has 3 rings (SSSR count). The first-order valence-corrected chi connectivity index (χ1v) is 7.38. The fraction of sp³-hybridized carbons (Fsp3) is 0.375. The number of amides is 2. The van der Waals surface area contributed by atoms with Crippen molar-refractivity contribution < 1.29 is 9.59 Å². The highest BCUT2D eigenvalue weighted by Crippen LogP contribution is 2.21. The van der Waals surface area contributed by atoms with Crippen LogP contribution in [0.15, 0.2) is 24.3 Å². The Hall–Kier alpha value is -2.50. The lowest BCUT2D eigenvalue weighted by atomic mass is 9.96. The van der Waals surface area contributed by atoms with Crippen LogP contribution < -0.4 is 5.73 Å². The molecule has 1 aromatic carbocycles. The van der Waals surface area contributed by atoms with Crippen LogP contribution >= 0.6 is 0 Å². The first kappa shape index (κ1) is 14.4. The van der Waals surface area contributed by atoms with Crippen molar-refractivity contribution in [3.05, 3.63) is 35.8 Å². The Balaban J connectivity index is 1.89. The number of hydrogen-bond acceptors (Lipinski definition) is 4. The monoisotopic (exact) mass is 298 g/mol. The number of aryl methyl sites for hydroxylation is 1. The summed E-state index contributed by atoms with van der Waals surface area (Å²) in [4.78, 5) is 34.4. The van der Waals surface area contributed by atoms with Crippen LogP contribution in [0.25, 0.3) is 10.9 Å². The molecular weight excluding hydrogens is 280 g/mol. The number of carbonyl (C=O) groups is 2. The van der Waals surface area contributed by atoms with E-state index < -0.39 is 0 Å². The molecule has 0 bridgehead atoms. The minimum absolute atomic E-state index is 0.107. The van der Waals surface area contributed by atoms with Crippen LogP contribution in [0.4, 0.5) is 0 Å². The van der Waals surface area contributed by atoms with Crippen LogP contribution in [0.2, 0.25) is 0 Å². The van der Waals surface area contributed by atoms with Gasteiger partial charge in [-0.2, -0.15) is 0 Å². The third-order valence-corrected chi connectivity index (χ3v) is 4.10. The van der Waals surface area contributed by atoms with Crippen molar-refractivity contribution in [1.29, 1.82) is 0 Å². The summed E-state index contributed by atoms with van der Waals surface area (Å²) in [7, 11) is 0.